The van der Waals surface area contributed by atoms with Crippen LogP contribution in [0.1, 0.15) is 106 Å². The summed E-state index contributed by atoms with van der Waals surface area (Å²) in [5, 5.41) is 20.5. The number of hydrogen-bond acceptors (Lipinski definition) is 2. The van der Waals surface area contributed by atoms with E-state index >= 15 is 0 Å². The molecule has 0 bridgehead atoms. The molecule has 2 unspecified atom stereocenters. The Labute approximate surface area is 187 Å². The largest absolute Gasteiger partial charge is 0.392 e. The van der Waals surface area contributed by atoms with Gasteiger partial charge in [-0.05, 0) is 74.0 Å². The summed E-state index contributed by atoms with van der Waals surface area (Å²) < 4.78 is 0. The lowest BCUT2D eigenvalue weighted by atomic mass is 9.60. The van der Waals surface area contributed by atoms with Crippen LogP contribution in [0.5, 0.6) is 0 Å². The van der Waals surface area contributed by atoms with Gasteiger partial charge in [-0.2, -0.15) is 0 Å². The number of hydrogen-bond donors (Lipinski definition) is 2. The summed E-state index contributed by atoms with van der Waals surface area (Å²) in [6.45, 7) is 11.7. The van der Waals surface area contributed by atoms with Crippen LogP contribution < -0.4 is 0 Å². The van der Waals surface area contributed by atoms with E-state index in [1.54, 1.807) is 5.57 Å². The lowest BCUT2D eigenvalue weighted by molar-refractivity contribution is 0.00407. The van der Waals surface area contributed by atoms with E-state index in [0.717, 1.165) is 36.5 Å². The molecule has 2 nitrogen and oxygen atoms in total. The molecular formula is C28H50O2. The second-order valence-corrected chi connectivity index (χ2v) is 11.4. The van der Waals surface area contributed by atoms with Crippen molar-refractivity contribution < 1.29 is 10.2 Å². The molecule has 3 saturated carbocycles. The van der Waals surface area contributed by atoms with E-state index in [2.05, 4.69) is 39.8 Å². The third-order valence-corrected chi connectivity index (χ3v) is 8.86. The molecule has 3 aliphatic rings. The fourth-order valence-corrected chi connectivity index (χ4v) is 6.87. The van der Waals surface area contributed by atoms with Crippen molar-refractivity contribution >= 4 is 0 Å². The molecule has 3 aliphatic carbocycles. The molecule has 3 fully saturated rings. The predicted octanol–water partition coefficient (Wildman–Crippen LogP) is 7.31. The van der Waals surface area contributed by atoms with Crippen LogP contribution in [0.2, 0.25) is 0 Å². The Balaban J connectivity index is 0.00000320. The Morgan fingerprint density at radius 1 is 1.03 bits per heavy atom. The molecule has 0 aromatic carbocycles. The predicted molar refractivity (Wildman–Crippen MR) is 129 cm³/mol. The van der Waals surface area contributed by atoms with Crippen molar-refractivity contribution in [1.82, 2.24) is 0 Å². The van der Waals surface area contributed by atoms with Crippen molar-refractivity contribution in [3.63, 3.8) is 0 Å². The van der Waals surface area contributed by atoms with Crippen molar-refractivity contribution in [3.05, 3.63) is 23.3 Å². The van der Waals surface area contributed by atoms with Gasteiger partial charge in [0.25, 0.3) is 0 Å². The topological polar surface area (TPSA) is 40.5 Å². The van der Waals surface area contributed by atoms with Crippen LogP contribution in [0.3, 0.4) is 0 Å². The van der Waals surface area contributed by atoms with Gasteiger partial charge in [0.2, 0.25) is 0 Å². The van der Waals surface area contributed by atoms with Crippen LogP contribution in [0.15, 0.2) is 23.3 Å². The second kappa shape index (κ2) is 10.8. The van der Waals surface area contributed by atoms with Gasteiger partial charge in [-0.15, -0.1) is 0 Å². The minimum atomic E-state index is -0.400. The molecule has 3 rings (SSSR count). The maximum atomic E-state index is 10.2. The van der Waals surface area contributed by atoms with Crippen LogP contribution >= 0.6 is 0 Å². The average molecular weight is 419 g/mol. The van der Waals surface area contributed by atoms with E-state index in [4.69, 9.17) is 0 Å². The molecule has 2 heteroatoms. The zero-order chi connectivity index (χ0) is 21.2. The van der Waals surface area contributed by atoms with Crippen molar-refractivity contribution in [3.8, 4) is 0 Å². The Kier molecular flexibility index (Phi) is 9.25. The maximum Gasteiger partial charge on any atom is 0.0627 e. The first-order valence-electron chi connectivity index (χ1n) is 12.5. The van der Waals surface area contributed by atoms with Gasteiger partial charge in [-0.3, -0.25) is 0 Å². The van der Waals surface area contributed by atoms with E-state index in [-0.39, 0.29) is 13.3 Å². The first-order valence-corrected chi connectivity index (χ1v) is 12.5. The molecule has 30 heavy (non-hydrogen) atoms. The van der Waals surface area contributed by atoms with Gasteiger partial charge in [0.1, 0.15) is 0 Å². The number of allylic oxidation sites excluding steroid dienone is 3. The minimum Gasteiger partial charge on any atom is -0.392 e. The van der Waals surface area contributed by atoms with Crippen molar-refractivity contribution in [2.45, 2.75) is 118 Å². The van der Waals surface area contributed by atoms with Crippen LogP contribution in [-0.4, -0.2) is 22.4 Å². The Morgan fingerprint density at radius 2 is 1.70 bits per heavy atom. The molecule has 0 spiro atoms. The molecule has 6 atom stereocenters. The van der Waals surface area contributed by atoms with Gasteiger partial charge in [-0.25, -0.2) is 0 Å². The first kappa shape index (κ1) is 25.7. The number of rotatable bonds is 6. The molecule has 0 aliphatic heterocycles. The van der Waals surface area contributed by atoms with E-state index < -0.39 is 12.2 Å². The molecule has 2 N–H and O–H groups in total. The number of fused-ring (bicyclic) bond motifs is 1. The third kappa shape index (κ3) is 5.60. The highest BCUT2D eigenvalue weighted by Crippen LogP contribution is 2.59. The monoisotopic (exact) mass is 418 g/mol. The van der Waals surface area contributed by atoms with Gasteiger partial charge < -0.3 is 10.2 Å². The first-order chi connectivity index (χ1) is 13.7. The second-order valence-electron chi connectivity index (χ2n) is 11.4. The SMILES string of the molecule is C.CC(C)CCC[C@H](C)C1CCC2/C(=C/C=C3C[C@@H](O)C(C)[C@H](O)C3)CCC[C@@]21C. The molecule has 0 amide bonds. The summed E-state index contributed by atoms with van der Waals surface area (Å²) in [7, 11) is 0. The molecule has 0 aromatic rings. The molecule has 0 saturated heterocycles. The van der Waals surface area contributed by atoms with Gasteiger partial charge >= 0.3 is 0 Å². The van der Waals surface area contributed by atoms with Gasteiger partial charge in [-0.1, -0.05) is 84.6 Å². The summed E-state index contributed by atoms with van der Waals surface area (Å²) >= 11 is 0. The van der Waals surface area contributed by atoms with Crippen LogP contribution in [0.4, 0.5) is 0 Å². The molecular weight excluding hydrogens is 368 g/mol. The fourth-order valence-electron chi connectivity index (χ4n) is 6.87. The van der Waals surface area contributed by atoms with Crippen LogP contribution in [0.25, 0.3) is 0 Å². The van der Waals surface area contributed by atoms with Gasteiger partial charge in [0.05, 0.1) is 12.2 Å². The molecule has 174 valence electrons. The van der Waals surface area contributed by atoms with Crippen LogP contribution in [-0.2, 0) is 0 Å². The third-order valence-electron chi connectivity index (χ3n) is 8.86. The normalized spacial score (nSPS) is 39.0. The molecule has 0 radical (unpaired) electrons. The van der Waals surface area contributed by atoms with E-state index in [0.29, 0.717) is 5.41 Å². The summed E-state index contributed by atoms with van der Waals surface area (Å²) in [4.78, 5) is 0. The molecule has 0 heterocycles. The average Bonchev–Trinajstić information content (AvgIpc) is 3.01. The van der Waals surface area contributed by atoms with Crippen molar-refractivity contribution in [2.24, 2.45) is 35.0 Å². The van der Waals surface area contributed by atoms with Crippen LogP contribution in [0, 0.1) is 35.0 Å². The Hall–Kier alpha value is -0.600. The highest BCUT2D eigenvalue weighted by atomic mass is 16.3. The van der Waals surface area contributed by atoms with E-state index in [1.807, 2.05) is 6.92 Å². The summed E-state index contributed by atoms with van der Waals surface area (Å²) in [5.74, 6) is 3.27. The molecule has 0 aromatic heterocycles. The lowest BCUT2D eigenvalue weighted by Crippen LogP contribution is -2.36. The smallest absolute Gasteiger partial charge is 0.0627 e. The highest BCUT2D eigenvalue weighted by molar-refractivity contribution is 5.26. The number of aliphatic hydroxyl groups excluding tert-OH is 2. The Morgan fingerprint density at radius 3 is 2.33 bits per heavy atom. The minimum absolute atomic E-state index is 0. The summed E-state index contributed by atoms with van der Waals surface area (Å²) in [5.41, 5.74) is 3.34. The zero-order valence-corrected chi connectivity index (χ0v) is 19.7. The summed E-state index contributed by atoms with van der Waals surface area (Å²) in [6, 6.07) is 0. The highest BCUT2D eigenvalue weighted by Gasteiger charge is 2.50. The fraction of sp³-hybridized carbons (Fsp3) is 0.857. The maximum absolute atomic E-state index is 10.2. The van der Waals surface area contributed by atoms with E-state index in [1.165, 1.54) is 56.9 Å². The number of aliphatic hydroxyl groups is 2. The van der Waals surface area contributed by atoms with Crippen molar-refractivity contribution in [2.75, 3.05) is 0 Å². The lowest BCUT2D eigenvalue weighted by Gasteiger charge is -2.44. The summed E-state index contributed by atoms with van der Waals surface area (Å²) in [6.07, 6.45) is 16.1. The van der Waals surface area contributed by atoms with Crippen molar-refractivity contribution in [1.29, 1.82) is 0 Å². The van der Waals surface area contributed by atoms with Gasteiger partial charge in [0.15, 0.2) is 0 Å². The quantitative estimate of drug-likeness (QED) is 0.475. The van der Waals surface area contributed by atoms with Gasteiger partial charge in [0, 0.05) is 5.92 Å². The standard InChI is InChI=1S/C27H46O2.CH4/c1-18(2)8-6-9-19(3)23-13-14-24-22(10-7-15-27(23,24)5)12-11-21-16-25(28)20(4)26(29)17-21;/h11-12,18-20,23-26,28-29H,6-10,13-17H2,1-5H3;1H4/b21-11?,22-12+;/t19-,20?,23?,24?,25+,26+,27+;/m0./s1. The van der Waals surface area contributed by atoms with E-state index in [9.17, 15) is 10.2 Å². The Bertz CT molecular complexity index is 590. The zero-order valence-electron chi connectivity index (χ0n) is 19.7.